The number of carbonyl (C=O) groups is 1. The summed E-state index contributed by atoms with van der Waals surface area (Å²) < 4.78 is 1.78. The number of nitrogens with one attached hydrogen (secondary N) is 2. The fourth-order valence-corrected chi connectivity index (χ4v) is 4.64. The molecule has 2 aliphatic heterocycles. The molecule has 0 radical (unpaired) electrons. The van der Waals surface area contributed by atoms with Crippen molar-refractivity contribution in [3.63, 3.8) is 0 Å². The van der Waals surface area contributed by atoms with E-state index in [1.165, 1.54) is 5.56 Å². The largest absolute Gasteiger partial charge is 0.353 e. The van der Waals surface area contributed by atoms with E-state index in [9.17, 15) is 4.79 Å². The van der Waals surface area contributed by atoms with Crippen molar-refractivity contribution in [3.05, 3.63) is 53.9 Å². The van der Waals surface area contributed by atoms with Crippen LogP contribution in [0.1, 0.15) is 30.7 Å². The fourth-order valence-electron chi connectivity index (χ4n) is 4.64. The first-order chi connectivity index (χ1) is 16.2. The lowest BCUT2D eigenvalue weighted by Gasteiger charge is -2.32. The second-order valence-electron chi connectivity index (χ2n) is 8.92. The Bertz CT molecular complexity index is 1050. The Morgan fingerprint density at radius 3 is 2.58 bits per heavy atom. The van der Waals surface area contributed by atoms with Gasteiger partial charge in [-0.2, -0.15) is 4.52 Å². The minimum atomic E-state index is 0.0755. The number of fused-ring (bicyclic) bond motifs is 1. The topological polar surface area (TPSA) is 90.7 Å². The molecule has 2 N–H and O–H groups in total. The molecule has 3 aromatic rings. The maximum atomic E-state index is 12.6. The number of rotatable bonds is 7. The van der Waals surface area contributed by atoms with E-state index >= 15 is 0 Å². The molecule has 9 heteroatoms. The molecule has 4 heterocycles. The summed E-state index contributed by atoms with van der Waals surface area (Å²) in [5, 5.41) is 19.8. The number of amides is 1. The van der Waals surface area contributed by atoms with Gasteiger partial charge in [0.25, 0.3) is 0 Å². The second-order valence-corrected chi connectivity index (χ2v) is 8.92. The van der Waals surface area contributed by atoms with E-state index in [0.29, 0.717) is 12.8 Å². The number of piperidine rings is 1. The normalized spacial score (nSPS) is 18.0. The predicted molar refractivity (Wildman–Crippen MR) is 127 cm³/mol. The van der Waals surface area contributed by atoms with Gasteiger partial charge in [-0.3, -0.25) is 9.69 Å². The number of piperazine rings is 1. The van der Waals surface area contributed by atoms with E-state index in [4.69, 9.17) is 5.10 Å². The molecule has 2 aliphatic rings. The molecule has 0 saturated carbocycles. The number of benzene rings is 1. The summed E-state index contributed by atoms with van der Waals surface area (Å²) in [5.74, 6) is 1.73. The second kappa shape index (κ2) is 10.3. The first-order valence-corrected chi connectivity index (χ1v) is 12.0. The highest BCUT2D eigenvalue weighted by atomic mass is 16.1. The van der Waals surface area contributed by atoms with Crippen LogP contribution in [0.15, 0.2) is 42.5 Å². The zero-order chi connectivity index (χ0) is 22.5. The van der Waals surface area contributed by atoms with E-state index in [-0.39, 0.29) is 11.9 Å². The minimum Gasteiger partial charge on any atom is -0.353 e. The molecule has 2 aromatic heterocycles. The maximum Gasteiger partial charge on any atom is 0.220 e. The number of hydrogen-bond donors (Lipinski definition) is 2. The predicted octanol–water partition coefficient (Wildman–Crippen LogP) is 1.25. The van der Waals surface area contributed by atoms with Gasteiger partial charge in [0.15, 0.2) is 11.5 Å². The van der Waals surface area contributed by atoms with Crippen molar-refractivity contribution in [2.75, 3.05) is 44.2 Å². The lowest BCUT2D eigenvalue weighted by molar-refractivity contribution is -0.122. The van der Waals surface area contributed by atoms with E-state index in [1.54, 1.807) is 4.52 Å². The molecule has 0 spiro atoms. The van der Waals surface area contributed by atoms with Gasteiger partial charge in [-0.05, 0) is 30.5 Å². The van der Waals surface area contributed by atoms with E-state index in [1.807, 2.05) is 12.1 Å². The van der Waals surface area contributed by atoms with Crippen LogP contribution in [-0.2, 0) is 17.8 Å². The zero-order valence-electron chi connectivity index (χ0n) is 19.0. The molecule has 0 unspecified atom stereocenters. The van der Waals surface area contributed by atoms with Gasteiger partial charge < -0.3 is 15.5 Å². The van der Waals surface area contributed by atoms with Gasteiger partial charge in [0, 0.05) is 64.7 Å². The summed E-state index contributed by atoms with van der Waals surface area (Å²) >= 11 is 0. The Labute approximate surface area is 194 Å². The van der Waals surface area contributed by atoms with Crippen molar-refractivity contribution in [2.24, 2.45) is 0 Å². The standard InChI is InChI=1S/C24H32N8O/c33-24(26-20-10-14-30(15-11-20)18-19-4-2-1-3-5-19)9-8-22-28-27-21-6-7-23(29-32(21)22)31-16-12-25-13-17-31/h1-7,20,25H,8-18H2,(H,26,33). The number of hydrogen-bond acceptors (Lipinski definition) is 7. The average molecular weight is 449 g/mol. The van der Waals surface area contributed by atoms with Crippen molar-refractivity contribution in [3.8, 4) is 0 Å². The van der Waals surface area contributed by atoms with Crippen LogP contribution >= 0.6 is 0 Å². The minimum absolute atomic E-state index is 0.0755. The first kappa shape index (κ1) is 21.8. The molecule has 5 rings (SSSR count). The van der Waals surface area contributed by atoms with Gasteiger partial charge in [0.2, 0.25) is 5.91 Å². The van der Waals surface area contributed by atoms with Crippen molar-refractivity contribution >= 4 is 17.4 Å². The van der Waals surface area contributed by atoms with Gasteiger partial charge in [-0.15, -0.1) is 15.3 Å². The lowest BCUT2D eigenvalue weighted by atomic mass is 10.0. The molecule has 1 amide bonds. The summed E-state index contributed by atoms with van der Waals surface area (Å²) in [6, 6.07) is 14.8. The van der Waals surface area contributed by atoms with Crippen LogP contribution in [0.2, 0.25) is 0 Å². The highest BCUT2D eigenvalue weighted by Crippen LogP contribution is 2.15. The van der Waals surface area contributed by atoms with E-state index < -0.39 is 0 Å². The molecular weight excluding hydrogens is 416 g/mol. The molecule has 0 bridgehead atoms. The zero-order valence-corrected chi connectivity index (χ0v) is 19.0. The Morgan fingerprint density at radius 1 is 1.00 bits per heavy atom. The van der Waals surface area contributed by atoms with Crippen LogP contribution in [0.5, 0.6) is 0 Å². The average Bonchev–Trinajstić information content (AvgIpc) is 3.27. The summed E-state index contributed by atoms with van der Waals surface area (Å²) in [7, 11) is 0. The van der Waals surface area contributed by atoms with Crippen molar-refractivity contribution < 1.29 is 4.79 Å². The molecule has 2 saturated heterocycles. The quantitative estimate of drug-likeness (QED) is 0.562. The van der Waals surface area contributed by atoms with E-state index in [2.05, 4.69) is 61.0 Å². The highest BCUT2D eigenvalue weighted by Gasteiger charge is 2.21. The number of nitrogens with zero attached hydrogens (tertiary/aromatic N) is 6. The third-order valence-electron chi connectivity index (χ3n) is 6.53. The molecule has 1 aromatic carbocycles. The van der Waals surface area contributed by atoms with Crippen molar-refractivity contribution in [1.29, 1.82) is 0 Å². The Hall–Kier alpha value is -3.04. The van der Waals surface area contributed by atoms with Crippen LogP contribution in [-0.4, -0.2) is 75.9 Å². The van der Waals surface area contributed by atoms with Crippen LogP contribution in [0.25, 0.3) is 5.65 Å². The number of likely N-dealkylation sites (tertiary alicyclic amines) is 1. The van der Waals surface area contributed by atoms with E-state index in [0.717, 1.165) is 75.9 Å². The van der Waals surface area contributed by atoms with Crippen LogP contribution in [0.3, 0.4) is 0 Å². The summed E-state index contributed by atoms with van der Waals surface area (Å²) in [6.45, 7) is 6.77. The Kier molecular flexibility index (Phi) is 6.78. The molecule has 9 nitrogen and oxygen atoms in total. The van der Waals surface area contributed by atoms with Gasteiger partial charge >= 0.3 is 0 Å². The fraction of sp³-hybridized carbons (Fsp3) is 0.500. The molecular formula is C24H32N8O. The molecule has 33 heavy (non-hydrogen) atoms. The SMILES string of the molecule is O=C(CCc1nnc2ccc(N3CCNCC3)nn12)NC1CCN(Cc2ccccc2)CC1. The summed E-state index contributed by atoms with van der Waals surface area (Å²) in [5.41, 5.74) is 2.06. The smallest absolute Gasteiger partial charge is 0.220 e. The lowest BCUT2D eigenvalue weighted by Crippen LogP contribution is -2.44. The third-order valence-corrected chi connectivity index (χ3v) is 6.53. The number of anilines is 1. The molecule has 0 aliphatic carbocycles. The number of carbonyl (C=O) groups excluding carboxylic acids is 1. The first-order valence-electron chi connectivity index (χ1n) is 12.0. The molecule has 0 atom stereocenters. The molecule has 2 fully saturated rings. The van der Waals surface area contributed by atoms with Gasteiger partial charge in [-0.1, -0.05) is 30.3 Å². The van der Waals surface area contributed by atoms with Crippen LogP contribution in [0.4, 0.5) is 5.82 Å². The Morgan fingerprint density at radius 2 is 1.79 bits per heavy atom. The maximum absolute atomic E-state index is 12.6. The number of aryl methyl sites for hydroxylation is 1. The van der Waals surface area contributed by atoms with Crippen LogP contribution < -0.4 is 15.5 Å². The van der Waals surface area contributed by atoms with Gasteiger partial charge in [-0.25, -0.2) is 0 Å². The molecule has 174 valence electrons. The summed E-state index contributed by atoms with van der Waals surface area (Å²) in [4.78, 5) is 17.3. The number of aromatic nitrogens is 4. The Balaban J connectivity index is 1.11. The highest BCUT2D eigenvalue weighted by molar-refractivity contribution is 5.76. The summed E-state index contributed by atoms with van der Waals surface area (Å²) in [6.07, 6.45) is 2.90. The van der Waals surface area contributed by atoms with Gasteiger partial charge in [0.05, 0.1) is 0 Å². The third kappa shape index (κ3) is 5.48. The van der Waals surface area contributed by atoms with Crippen molar-refractivity contribution in [1.82, 2.24) is 35.3 Å². The van der Waals surface area contributed by atoms with Crippen molar-refractivity contribution in [2.45, 2.75) is 38.3 Å². The van der Waals surface area contributed by atoms with Crippen LogP contribution in [0, 0.1) is 0 Å². The monoisotopic (exact) mass is 448 g/mol. The van der Waals surface area contributed by atoms with Gasteiger partial charge in [0.1, 0.15) is 5.82 Å².